The van der Waals surface area contributed by atoms with Crippen LogP contribution in [0.2, 0.25) is 0 Å². The highest BCUT2D eigenvalue weighted by Crippen LogP contribution is 2.26. The number of hydrogen-bond acceptors (Lipinski definition) is 5. The van der Waals surface area contributed by atoms with Gasteiger partial charge in [0.15, 0.2) is 0 Å². The Morgan fingerprint density at radius 1 is 1.37 bits per heavy atom. The maximum absolute atomic E-state index is 12.9. The number of carbonyl (C=O) groups is 2. The monoisotopic (exact) mass is 398 g/mol. The molecular weight excluding hydrogens is 372 g/mol. The van der Waals surface area contributed by atoms with Gasteiger partial charge in [-0.15, -0.1) is 0 Å². The molecule has 2 atom stereocenters. The number of piperidine rings is 1. The number of carboxylic acid groups (broad SMARTS) is 1. The molecule has 9 heteroatoms. The van der Waals surface area contributed by atoms with E-state index < -0.39 is 21.9 Å². The van der Waals surface area contributed by atoms with Crippen LogP contribution in [0.25, 0.3) is 0 Å². The minimum Gasteiger partial charge on any atom is -0.481 e. The molecule has 1 aromatic rings. The number of sulfonamides is 1. The fourth-order valence-electron chi connectivity index (χ4n) is 3.23. The van der Waals surface area contributed by atoms with Gasteiger partial charge in [-0.2, -0.15) is 0 Å². The largest absolute Gasteiger partial charge is 0.481 e. The normalized spacial score (nSPS) is 20.5. The molecule has 1 aliphatic heterocycles. The first-order chi connectivity index (χ1) is 12.7. The Kier molecular flexibility index (Phi) is 6.96. The van der Waals surface area contributed by atoms with Gasteiger partial charge in [0, 0.05) is 32.3 Å². The average Bonchev–Trinajstić information content (AvgIpc) is 2.61. The first-order valence-electron chi connectivity index (χ1n) is 8.78. The molecule has 0 saturated carbocycles. The molecular formula is C18H26N2O6S. The van der Waals surface area contributed by atoms with Crippen molar-refractivity contribution in [1.82, 2.24) is 9.62 Å². The Hall–Kier alpha value is -1.97. The number of carbonyl (C=O) groups excluding carboxylic acids is 1. The summed E-state index contributed by atoms with van der Waals surface area (Å²) in [6.07, 6.45) is 0.387. The number of likely N-dealkylation sites (tertiary alicyclic amines) is 1. The molecule has 2 N–H and O–H groups in total. The number of benzene rings is 1. The van der Waals surface area contributed by atoms with Gasteiger partial charge in [0.2, 0.25) is 10.0 Å². The molecule has 0 bridgehead atoms. The third-order valence-corrected chi connectivity index (χ3v) is 6.32. The van der Waals surface area contributed by atoms with Crippen molar-refractivity contribution >= 4 is 21.9 Å². The molecule has 0 spiro atoms. The fraction of sp³-hybridized carbons (Fsp3) is 0.556. The molecule has 0 aromatic heterocycles. The highest BCUT2D eigenvalue weighted by atomic mass is 32.2. The molecule has 1 amide bonds. The lowest BCUT2D eigenvalue weighted by molar-refractivity contribution is -0.145. The fourth-order valence-corrected chi connectivity index (χ4v) is 4.27. The van der Waals surface area contributed by atoms with Crippen molar-refractivity contribution in [2.75, 3.05) is 33.4 Å². The van der Waals surface area contributed by atoms with Crippen LogP contribution in [0.15, 0.2) is 23.1 Å². The second-order valence-corrected chi connectivity index (χ2v) is 8.60. The lowest BCUT2D eigenvalue weighted by Gasteiger charge is -2.35. The van der Waals surface area contributed by atoms with Crippen molar-refractivity contribution in [2.45, 2.75) is 25.2 Å². The van der Waals surface area contributed by atoms with Crippen LogP contribution in [0.5, 0.6) is 0 Å². The van der Waals surface area contributed by atoms with E-state index in [1.54, 1.807) is 17.9 Å². The van der Waals surface area contributed by atoms with E-state index in [2.05, 4.69) is 4.72 Å². The number of amides is 1. The summed E-state index contributed by atoms with van der Waals surface area (Å²) in [6.45, 7) is 4.60. The third kappa shape index (κ3) is 5.06. The Morgan fingerprint density at radius 2 is 2.07 bits per heavy atom. The highest BCUT2D eigenvalue weighted by molar-refractivity contribution is 7.89. The second-order valence-electron chi connectivity index (χ2n) is 6.83. The first-order valence-corrected chi connectivity index (χ1v) is 10.3. The Labute approximate surface area is 159 Å². The van der Waals surface area contributed by atoms with Crippen LogP contribution in [-0.4, -0.2) is 63.7 Å². The Bertz CT molecular complexity index is 808. The zero-order valence-electron chi connectivity index (χ0n) is 15.8. The van der Waals surface area contributed by atoms with E-state index in [9.17, 15) is 23.1 Å². The average molecular weight is 398 g/mol. The van der Waals surface area contributed by atoms with E-state index in [1.807, 2.05) is 6.92 Å². The van der Waals surface area contributed by atoms with Gasteiger partial charge < -0.3 is 14.7 Å². The van der Waals surface area contributed by atoms with E-state index in [4.69, 9.17) is 4.74 Å². The summed E-state index contributed by atoms with van der Waals surface area (Å²) in [5.41, 5.74) is 0.981. The van der Waals surface area contributed by atoms with E-state index in [1.165, 1.54) is 19.2 Å². The summed E-state index contributed by atoms with van der Waals surface area (Å²) in [5, 5.41) is 9.22. The number of nitrogens with one attached hydrogen (secondary N) is 1. The maximum Gasteiger partial charge on any atom is 0.306 e. The van der Waals surface area contributed by atoms with Gasteiger partial charge in [-0.1, -0.05) is 13.0 Å². The van der Waals surface area contributed by atoms with Gasteiger partial charge in [0.1, 0.15) is 0 Å². The van der Waals surface area contributed by atoms with Crippen LogP contribution >= 0.6 is 0 Å². The number of methoxy groups -OCH3 is 1. The van der Waals surface area contributed by atoms with Crippen LogP contribution in [0.1, 0.15) is 29.3 Å². The van der Waals surface area contributed by atoms with E-state index >= 15 is 0 Å². The number of aryl methyl sites for hydroxylation is 1. The van der Waals surface area contributed by atoms with Crippen LogP contribution in [0.4, 0.5) is 0 Å². The summed E-state index contributed by atoms with van der Waals surface area (Å²) in [5.74, 6) is -1.76. The maximum atomic E-state index is 12.9. The molecule has 1 heterocycles. The van der Waals surface area contributed by atoms with E-state index in [0.717, 1.165) is 0 Å². The summed E-state index contributed by atoms with van der Waals surface area (Å²) in [4.78, 5) is 25.8. The molecule has 1 saturated heterocycles. The van der Waals surface area contributed by atoms with Crippen molar-refractivity contribution in [3.05, 3.63) is 29.3 Å². The predicted octanol–water partition coefficient (Wildman–Crippen LogP) is 1.10. The molecule has 150 valence electrons. The second kappa shape index (κ2) is 8.81. The minimum atomic E-state index is -3.75. The summed E-state index contributed by atoms with van der Waals surface area (Å²) in [6, 6.07) is 4.44. The van der Waals surface area contributed by atoms with Gasteiger partial charge in [-0.05, 0) is 37.0 Å². The van der Waals surface area contributed by atoms with Crippen molar-refractivity contribution in [3.63, 3.8) is 0 Å². The Morgan fingerprint density at radius 3 is 2.67 bits per heavy atom. The molecule has 27 heavy (non-hydrogen) atoms. The SMILES string of the molecule is COCCNS(=O)(=O)c1ccc(C)c(C(=O)N2CCC(C(=O)O)C(C)C2)c1. The molecule has 8 nitrogen and oxygen atoms in total. The van der Waals surface area contributed by atoms with Crippen molar-refractivity contribution in [3.8, 4) is 0 Å². The lowest BCUT2D eigenvalue weighted by Crippen LogP contribution is -2.45. The molecule has 1 aliphatic rings. The smallest absolute Gasteiger partial charge is 0.306 e. The van der Waals surface area contributed by atoms with Gasteiger partial charge in [0.05, 0.1) is 17.4 Å². The van der Waals surface area contributed by atoms with Crippen LogP contribution in [0.3, 0.4) is 0 Å². The molecule has 0 radical (unpaired) electrons. The van der Waals surface area contributed by atoms with Gasteiger partial charge in [-0.3, -0.25) is 9.59 Å². The van der Waals surface area contributed by atoms with Crippen LogP contribution in [0, 0.1) is 18.8 Å². The predicted molar refractivity (Wildman–Crippen MR) is 99.1 cm³/mol. The van der Waals surface area contributed by atoms with E-state index in [0.29, 0.717) is 30.6 Å². The third-order valence-electron chi connectivity index (χ3n) is 4.86. The van der Waals surface area contributed by atoms with Crippen molar-refractivity contribution in [1.29, 1.82) is 0 Å². The summed E-state index contributed by atoms with van der Waals surface area (Å²) >= 11 is 0. The number of carboxylic acids is 1. The van der Waals surface area contributed by atoms with Crippen LogP contribution < -0.4 is 4.72 Å². The minimum absolute atomic E-state index is 0.0148. The molecule has 0 aliphatic carbocycles. The molecule has 1 aromatic carbocycles. The number of hydrogen-bond donors (Lipinski definition) is 2. The van der Waals surface area contributed by atoms with Crippen molar-refractivity contribution in [2.24, 2.45) is 11.8 Å². The quantitative estimate of drug-likeness (QED) is 0.665. The van der Waals surface area contributed by atoms with Gasteiger partial charge >= 0.3 is 5.97 Å². The standard InChI is InChI=1S/C18H26N2O6S/c1-12-4-5-14(27(24,25)19-7-9-26-3)10-16(12)17(21)20-8-6-15(18(22)23)13(2)11-20/h4-5,10,13,15,19H,6-9,11H2,1-3H3,(H,22,23). The number of rotatable bonds is 7. The summed E-state index contributed by atoms with van der Waals surface area (Å²) in [7, 11) is -2.27. The van der Waals surface area contributed by atoms with Crippen LogP contribution in [-0.2, 0) is 19.6 Å². The topological polar surface area (TPSA) is 113 Å². The highest BCUT2D eigenvalue weighted by Gasteiger charge is 2.33. The number of ether oxygens (including phenoxy) is 1. The van der Waals surface area contributed by atoms with E-state index in [-0.39, 0.29) is 29.9 Å². The molecule has 2 unspecified atom stereocenters. The van der Waals surface area contributed by atoms with Gasteiger partial charge in [0.25, 0.3) is 5.91 Å². The lowest BCUT2D eigenvalue weighted by atomic mass is 9.86. The number of nitrogens with zero attached hydrogens (tertiary/aromatic N) is 1. The number of aliphatic carboxylic acids is 1. The summed E-state index contributed by atoms with van der Waals surface area (Å²) < 4.78 is 32.0. The molecule has 2 rings (SSSR count). The zero-order chi connectivity index (χ0) is 20.2. The Balaban J connectivity index is 2.21. The van der Waals surface area contributed by atoms with Crippen molar-refractivity contribution < 1.29 is 27.9 Å². The molecule has 1 fully saturated rings. The zero-order valence-corrected chi connectivity index (χ0v) is 16.6. The van der Waals surface area contributed by atoms with Gasteiger partial charge in [-0.25, -0.2) is 13.1 Å². The first kappa shape index (κ1) is 21.3.